The molecule has 42 heavy (non-hydrogen) atoms. The van der Waals surface area contributed by atoms with Gasteiger partial charge in [0, 0.05) is 13.1 Å². The van der Waals surface area contributed by atoms with Crippen molar-refractivity contribution in [2.75, 3.05) is 84.6 Å². The van der Waals surface area contributed by atoms with Gasteiger partial charge in [-0.15, -0.1) is 0 Å². The minimum atomic E-state index is -2.77. The first-order valence-electron chi connectivity index (χ1n) is 13.8. The Kier molecular flexibility index (Phi) is 12.2. The quantitative estimate of drug-likeness (QED) is 0.243. The molecular formula is C26H52N12P4. The zero-order valence-corrected chi connectivity index (χ0v) is 31.0. The monoisotopic (exact) mass is 656 g/mol. The smallest absolute Gasteiger partial charge is 0.220 e. The molecule has 0 radical (unpaired) electrons. The molecule has 2 N–H and O–H groups in total. The Bertz CT molecular complexity index is 1270. The van der Waals surface area contributed by atoms with Gasteiger partial charge in [0.15, 0.2) is 0 Å². The number of benzene rings is 2. The van der Waals surface area contributed by atoms with Crippen LogP contribution in [0.3, 0.4) is 0 Å². The summed E-state index contributed by atoms with van der Waals surface area (Å²) < 4.78 is 36.4. The van der Waals surface area contributed by atoms with Crippen molar-refractivity contribution in [2.45, 2.75) is 13.1 Å². The van der Waals surface area contributed by atoms with Crippen molar-refractivity contribution in [1.82, 2.24) is 38.2 Å². The Morgan fingerprint density at radius 3 is 0.952 bits per heavy atom. The van der Waals surface area contributed by atoms with Crippen LogP contribution >= 0.6 is 30.0 Å². The lowest BCUT2D eigenvalue weighted by Gasteiger charge is -2.45. The third-order valence-corrected chi connectivity index (χ3v) is 22.4. The van der Waals surface area contributed by atoms with E-state index in [1.807, 2.05) is 12.1 Å². The fourth-order valence-electron chi connectivity index (χ4n) is 4.41. The molecule has 1 aliphatic heterocycles. The van der Waals surface area contributed by atoms with E-state index in [0.29, 0.717) is 13.1 Å². The maximum Gasteiger partial charge on any atom is 0.220 e. The molecule has 0 unspecified atom stereocenters. The van der Waals surface area contributed by atoms with E-state index in [-0.39, 0.29) is 0 Å². The summed E-state index contributed by atoms with van der Waals surface area (Å²) in [5, 5.41) is 7.75. The Hall–Kier alpha value is -0.960. The van der Waals surface area contributed by atoms with Crippen LogP contribution in [-0.4, -0.2) is 113 Å². The molecule has 0 aliphatic carbocycles. The zero-order chi connectivity index (χ0) is 31.3. The predicted molar refractivity (Wildman–Crippen MR) is 186 cm³/mol. The zero-order valence-electron chi connectivity index (χ0n) is 27.4. The van der Waals surface area contributed by atoms with Gasteiger partial charge in [0.05, 0.1) is 0 Å². The van der Waals surface area contributed by atoms with Crippen LogP contribution in [0.5, 0.6) is 0 Å². The standard InChI is InChI=1S/C26H52N12P4/c1-33(2)39(27-23-25-19-15-13-16-20-25)29-41(35(5)6,36(7)8)31-40(34(3)4,28-24-26-21-17-14-18-22-26)32-42(30-39,37(9)10)38(11)12/h13-22,27-28H,23-24H2,1-12H3/t39-,40-. The summed E-state index contributed by atoms with van der Waals surface area (Å²) in [5.41, 5.74) is 2.36. The SMILES string of the molecule is CN(C)P1(N(C)C)=N[P@](NCc2ccccc2)(N(C)C)=NP(N(C)C)(N(C)C)=N[P@@](NCc2ccccc2)(N(C)C)=N1. The average molecular weight is 657 g/mol. The number of nitrogens with zero attached hydrogens (tertiary/aromatic N) is 10. The van der Waals surface area contributed by atoms with Gasteiger partial charge < -0.3 is 0 Å². The van der Waals surface area contributed by atoms with Crippen molar-refractivity contribution in [1.29, 1.82) is 0 Å². The minimum absolute atomic E-state index is 0.627. The first kappa shape index (κ1) is 35.5. The van der Waals surface area contributed by atoms with Crippen LogP contribution in [0.15, 0.2) is 78.7 Å². The van der Waals surface area contributed by atoms with Crippen LogP contribution in [0.2, 0.25) is 0 Å². The molecule has 0 bridgehead atoms. The molecule has 0 aromatic heterocycles. The fraction of sp³-hybridized carbons (Fsp3) is 0.538. The van der Waals surface area contributed by atoms with E-state index in [9.17, 15) is 0 Å². The Balaban J connectivity index is 2.51. The highest BCUT2D eigenvalue weighted by Gasteiger charge is 2.43. The van der Waals surface area contributed by atoms with Gasteiger partial charge in [0.25, 0.3) is 0 Å². The summed E-state index contributed by atoms with van der Waals surface area (Å²) in [6, 6.07) is 20.9. The largest absolute Gasteiger partial charge is 0.249 e. The van der Waals surface area contributed by atoms with Gasteiger partial charge in [-0.1, -0.05) is 60.7 Å². The molecule has 0 saturated carbocycles. The maximum atomic E-state index is 5.84. The molecule has 236 valence electrons. The lowest BCUT2D eigenvalue weighted by Crippen LogP contribution is -2.29. The Labute approximate surface area is 255 Å². The lowest BCUT2D eigenvalue weighted by molar-refractivity contribution is 0.552. The number of hydrogen-bond donors (Lipinski definition) is 2. The first-order chi connectivity index (χ1) is 19.6. The molecule has 0 fully saturated rings. The van der Waals surface area contributed by atoms with Gasteiger partial charge in [-0.2, -0.15) is 18.1 Å². The molecule has 3 rings (SSSR count). The summed E-state index contributed by atoms with van der Waals surface area (Å²) in [5.74, 6) is 0. The average Bonchev–Trinajstić information content (AvgIpc) is 2.92. The van der Waals surface area contributed by atoms with E-state index in [1.165, 1.54) is 11.1 Å². The van der Waals surface area contributed by atoms with E-state index in [4.69, 9.17) is 18.1 Å². The minimum Gasteiger partial charge on any atom is -0.249 e. The van der Waals surface area contributed by atoms with Gasteiger partial charge >= 0.3 is 0 Å². The first-order valence-corrected chi connectivity index (χ1v) is 20.3. The van der Waals surface area contributed by atoms with Crippen LogP contribution in [0, 0.1) is 0 Å². The maximum absolute atomic E-state index is 5.84. The fourth-order valence-corrected chi connectivity index (χ4v) is 23.1. The van der Waals surface area contributed by atoms with Gasteiger partial charge in [-0.25, -0.2) is 38.2 Å². The topological polar surface area (TPSA) is 92.9 Å². The normalized spacial score (nSPS) is 23.9. The highest BCUT2D eigenvalue weighted by atomic mass is 31.3. The van der Waals surface area contributed by atoms with E-state index >= 15 is 0 Å². The van der Waals surface area contributed by atoms with Crippen molar-refractivity contribution in [3.63, 3.8) is 0 Å². The molecule has 0 spiro atoms. The molecule has 0 amide bonds. The van der Waals surface area contributed by atoms with Gasteiger partial charge in [-0.05, 0) is 95.7 Å². The molecule has 16 heteroatoms. The summed E-state index contributed by atoms with van der Waals surface area (Å²) in [7, 11) is 13.9. The van der Waals surface area contributed by atoms with Crippen LogP contribution in [0.1, 0.15) is 11.1 Å². The molecule has 2 aromatic rings. The lowest BCUT2D eigenvalue weighted by atomic mass is 10.2. The molecule has 12 nitrogen and oxygen atoms in total. The number of rotatable bonds is 12. The van der Waals surface area contributed by atoms with Crippen LogP contribution < -0.4 is 10.2 Å². The van der Waals surface area contributed by atoms with Crippen LogP contribution in [-0.2, 0) is 13.1 Å². The van der Waals surface area contributed by atoms with Gasteiger partial charge in [0.2, 0.25) is 30.0 Å². The van der Waals surface area contributed by atoms with Crippen molar-refractivity contribution in [3.05, 3.63) is 71.8 Å². The van der Waals surface area contributed by atoms with E-state index < -0.39 is 30.0 Å². The second-order valence-corrected chi connectivity index (χ2v) is 24.0. The van der Waals surface area contributed by atoms with Crippen LogP contribution in [0.4, 0.5) is 0 Å². The summed E-state index contributed by atoms with van der Waals surface area (Å²) in [4.78, 5) is 0. The third-order valence-electron chi connectivity index (χ3n) is 6.92. The highest BCUT2D eigenvalue weighted by molar-refractivity contribution is 7.83. The van der Waals surface area contributed by atoms with Crippen LogP contribution in [0.25, 0.3) is 0 Å². The summed E-state index contributed by atoms with van der Waals surface area (Å²) in [6.45, 7) is 1.25. The number of hydrogen-bond acceptors (Lipinski definition) is 12. The Morgan fingerprint density at radius 2 is 0.714 bits per heavy atom. The van der Waals surface area contributed by atoms with Crippen molar-refractivity contribution >= 4 is 30.0 Å². The second-order valence-electron chi connectivity index (χ2n) is 11.3. The van der Waals surface area contributed by atoms with Gasteiger partial charge in [0.1, 0.15) is 0 Å². The van der Waals surface area contributed by atoms with Gasteiger partial charge in [-0.3, -0.25) is 0 Å². The molecule has 2 atom stereocenters. The molecular weight excluding hydrogens is 604 g/mol. The van der Waals surface area contributed by atoms with E-state index in [2.05, 4.69) is 171 Å². The predicted octanol–water partition coefficient (Wildman–Crippen LogP) is 6.73. The molecule has 0 saturated heterocycles. The highest BCUT2D eigenvalue weighted by Crippen LogP contribution is 2.79. The molecule has 2 aromatic carbocycles. The van der Waals surface area contributed by atoms with E-state index in [0.717, 1.165) is 0 Å². The summed E-state index contributed by atoms with van der Waals surface area (Å²) in [6.07, 6.45) is 0. The second kappa shape index (κ2) is 14.4. The van der Waals surface area contributed by atoms with E-state index in [1.54, 1.807) is 0 Å². The van der Waals surface area contributed by atoms with Crippen molar-refractivity contribution in [2.24, 2.45) is 18.1 Å². The number of nitrogens with one attached hydrogen (secondary N) is 2. The molecule has 1 aliphatic rings. The summed E-state index contributed by atoms with van der Waals surface area (Å²) >= 11 is 0. The van der Waals surface area contributed by atoms with Crippen molar-refractivity contribution < 1.29 is 0 Å². The third kappa shape index (κ3) is 7.46. The van der Waals surface area contributed by atoms with Crippen molar-refractivity contribution in [3.8, 4) is 0 Å². The molecule has 1 heterocycles. The Morgan fingerprint density at radius 1 is 0.429 bits per heavy atom.